The Morgan fingerprint density at radius 3 is 2.44 bits per heavy atom. The van der Waals surface area contributed by atoms with E-state index in [0.717, 1.165) is 5.56 Å². The lowest BCUT2D eigenvalue weighted by molar-refractivity contribution is 0.0533. The Kier molecular flexibility index (Phi) is 2.84. The summed E-state index contributed by atoms with van der Waals surface area (Å²) >= 11 is 1.70. The van der Waals surface area contributed by atoms with Crippen LogP contribution >= 0.6 is 11.8 Å². The third-order valence-corrected chi connectivity index (χ3v) is 3.87. The molecule has 1 N–H and O–H groups in total. The van der Waals surface area contributed by atoms with Gasteiger partial charge in [-0.25, -0.2) is 4.79 Å². The molecule has 1 fully saturated rings. The third-order valence-electron chi connectivity index (χ3n) is 3.13. The van der Waals surface area contributed by atoms with Crippen molar-refractivity contribution < 1.29 is 9.53 Å². The van der Waals surface area contributed by atoms with Crippen molar-refractivity contribution >= 4 is 17.9 Å². The number of carbonyl (C=O) groups excluding carboxylic acids is 1. The van der Waals surface area contributed by atoms with E-state index in [4.69, 9.17) is 4.74 Å². The number of thioether (sulfide) groups is 1. The first kappa shape index (κ1) is 11.3. The fourth-order valence-corrected chi connectivity index (χ4v) is 2.26. The highest BCUT2D eigenvalue weighted by molar-refractivity contribution is 7.98. The van der Waals surface area contributed by atoms with Gasteiger partial charge in [-0.1, -0.05) is 12.1 Å². The van der Waals surface area contributed by atoms with Gasteiger partial charge in [-0.15, -0.1) is 11.8 Å². The van der Waals surface area contributed by atoms with Crippen LogP contribution in [-0.2, 0) is 10.3 Å². The van der Waals surface area contributed by atoms with Gasteiger partial charge in [0, 0.05) is 4.90 Å². The van der Waals surface area contributed by atoms with Crippen LogP contribution in [-0.4, -0.2) is 18.4 Å². The van der Waals surface area contributed by atoms with E-state index in [1.165, 1.54) is 4.90 Å². The van der Waals surface area contributed by atoms with Gasteiger partial charge >= 0.3 is 6.09 Å². The molecule has 0 spiro atoms. The van der Waals surface area contributed by atoms with Gasteiger partial charge in [0.2, 0.25) is 0 Å². The Labute approximate surface area is 99.6 Å². The average Bonchev–Trinajstić information content (AvgIpc) is 2.54. The van der Waals surface area contributed by atoms with Crippen molar-refractivity contribution in [3.05, 3.63) is 29.8 Å². The minimum absolute atomic E-state index is 0.0138. The molecule has 0 unspecified atom stereocenters. The maximum absolute atomic E-state index is 11.2. The molecule has 86 valence electrons. The minimum Gasteiger partial charge on any atom is -0.436 e. The molecule has 1 aromatic carbocycles. The van der Waals surface area contributed by atoms with Crippen molar-refractivity contribution in [1.82, 2.24) is 5.32 Å². The predicted molar refractivity (Wildman–Crippen MR) is 64.7 cm³/mol. The zero-order chi connectivity index (χ0) is 11.8. The topological polar surface area (TPSA) is 38.3 Å². The normalized spacial score (nSPS) is 28.7. The number of benzene rings is 1. The van der Waals surface area contributed by atoms with Crippen LogP contribution in [0.2, 0.25) is 0 Å². The van der Waals surface area contributed by atoms with Gasteiger partial charge in [0.05, 0.1) is 6.04 Å². The van der Waals surface area contributed by atoms with Crippen molar-refractivity contribution in [1.29, 1.82) is 0 Å². The second-order valence-corrected chi connectivity index (χ2v) is 4.97. The van der Waals surface area contributed by atoms with Gasteiger partial charge in [-0.05, 0) is 37.8 Å². The average molecular weight is 237 g/mol. The first-order valence-corrected chi connectivity index (χ1v) is 6.43. The quantitative estimate of drug-likeness (QED) is 0.804. The van der Waals surface area contributed by atoms with Crippen molar-refractivity contribution in [2.45, 2.75) is 30.4 Å². The van der Waals surface area contributed by atoms with Crippen LogP contribution in [0.15, 0.2) is 29.2 Å². The molecule has 0 saturated carbocycles. The summed E-state index contributed by atoms with van der Waals surface area (Å²) in [5, 5.41) is 2.77. The highest BCUT2D eigenvalue weighted by atomic mass is 32.2. The molecule has 1 saturated heterocycles. The Hall–Kier alpha value is -1.16. The molecular formula is C12H15NO2S. The Balaban J connectivity index is 2.32. The van der Waals surface area contributed by atoms with Gasteiger partial charge < -0.3 is 10.1 Å². The minimum atomic E-state index is -0.561. The standard InChI is InChI=1S/C12H15NO2S/c1-8-12(2,15-11(14)13-8)9-4-6-10(16-3)7-5-9/h4-8H,1-3H3,(H,13,14)/t8-,12-/m0/s1. The zero-order valence-corrected chi connectivity index (χ0v) is 10.4. The van der Waals surface area contributed by atoms with E-state index in [9.17, 15) is 4.79 Å². The number of cyclic esters (lactones) is 1. The number of ether oxygens (including phenoxy) is 1. The molecule has 1 aliphatic rings. The number of hydrogen-bond donors (Lipinski definition) is 1. The first-order valence-electron chi connectivity index (χ1n) is 5.20. The van der Waals surface area contributed by atoms with Crippen LogP contribution in [0.25, 0.3) is 0 Å². The lowest BCUT2D eigenvalue weighted by Crippen LogP contribution is -2.36. The molecule has 1 aromatic rings. The van der Waals surface area contributed by atoms with Crippen molar-refractivity contribution in [2.75, 3.05) is 6.26 Å². The summed E-state index contributed by atoms with van der Waals surface area (Å²) < 4.78 is 5.36. The van der Waals surface area contributed by atoms with Crippen LogP contribution in [0, 0.1) is 0 Å². The highest BCUT2D eigenvalue weighted by Gasteiger charge is 2.43. The molecule has 0 radical (unpaired) electrons. The van der Waals surface area contributed by atoms with Gasteiger partial charge in [0.1, 0.15) is 0 Å². The van der Waals surface area contributed by atoms with Gasteiger partial charge in [0.15, 0.2) is 5.60 Å². The summed E-state index contributed by atoms with van der Waals surface area (Å²) in [5.41, 5.74) is 0.463. The smallest absolute Gasteiger partial charge is 0.408 e. The lowest BCUT2D eigenvalue weighted by Gasteiger charge is -2.26. The molecule has 1 aliphatic heterocycles. The van der Waals surface area contributed by atoms with Crippen molar-refractivity contribution in [3.63, 3.8) is 0 Å². The molecule has 0 aromatic heterocycles. The molecule has 2 atom stereocenters. The molecule has 16 heavy (non-hydrogen) atoms. The van der Waals surface area contributed by atoms with Crippen LogP contribution < -0.4 is 5.32 Å². The van der Waals surface area contributed by atoms with Gasteiger partial charge in [-0.2, -0.15) is 0 Å². The van der Waals surface area contributed by atoms with Crippen LogP contribution in [0.1, 0.15) is 19.4 Å². The predicted octanol–water partition coefficient (Wildman–Crippen LogP) is 2.75. The largest absolute Gasteiger partial charge is 0.436 e. The van der Waals surface area contributed by atoms with Crippen LogP contribution in [0.5, 0.6) is 0 Å². The Bertz CT molecular complexity index is 404. The molecule has 1 amide bonds. The fraction of sp³-hybridized carbons (Fsp3) is 0.417. The second-order valence-electron chi connectivity index (χ2n) is 4.09. The second kappa shape index (κ2) is 4.01. The number of amides is 1. The van der Waals surface area contributed by atoms with E-state index in [1.807, 2.05) is 44.4 Å². The monoisotopic (exact) mass is 237 g/mol. The molecule has 2 rings (SSSR count). The number of rotatable bonds is 2. The first-order chi connectivity index (χ1) is 7.56. The van der Waals surface area contributed by atoms with E-state index in [-0.39, 0.29) is 12.1 Å². The molecule has 1 heterocycles. The number of nitrogens with one attached hydrogen (secondary N) is 1. The molecule has 4 heteroatoms. The molecule has 0 bridgehead atoms. The summed E-state index contributed by atoms with van der Waals surface area (Å²) in [6.07, 6.45) is 1.69. The van der Waals surface area contributed by atoms with E-state index >= 15 is 0 Å². The van der Waals surface area contributed by atoms with Crippen molar-refractivity contribution in [2.24, 2.45) is 0 Å². The van der Waals surface area contributed by atoms with E-state index in [0.29, 0.717) is 0 Å². The van der Waals surface area contributed by atoms with E-state index < -0.39 is 5.60 Å². The Morgan fingerprint density at radius 1 is 1.38 bits per heavy atom. The highest BCUT2D eigenvalue weighted by Crippen LogP contribution is 2.34. The van der Waals surface area contributed by atoms with E-state index in [2.05, 4.69) is 5.32 Å². The summed E-state index contributed by atoms with van der Waals surface area (Å²) in [4.78, 5) is 12.4. The lowest BCUT2D eigenvalue weighted by atomic mass is 9.90. The Morgan fingerprint density at radius 2 is 2.00 bits per heavy atom. The summed E-state index contributed by atoms with van der Waals surface area (Å²) in [7, 11) is 0. The molecule has 3 nitrogen and oxygen atoms in total. The zero-order valence-electron chi connectivity index (χ0n) is 9.61. The maximum Gasteiger partial charge on any atom is 0.408 e. The maximum atomic E-state index is 11.2. The summed E-state index contributed by atoms with van der Waals surface area (Å²) in [5.74, 6) is 0. The molecular weight excluding hydrogens is 222 g/mol. The van der Waals surface area contributed by atoms with Gasteiger partial charge in [0.25, 0.3) is 0 Å². The van der Waals surface area contributed by atoms with Gasteiger partial charge in [-0.3, -0.25) is 0 Å². The van der Waals surface area contributed by atoms with E-state index in [1.54, 1.807) is 11.8 Å². The van der Waals surface area contributed by atoms with Crippen LogP contribution in [0.4, 0.5) is 4.79 Å². The summed E-state index contributed by atoms with van der Waals surface area (Å²) in [6.45, 7) is 3.89. The SMILES string of the molecule is CSc1ccc([C@@]2(C)OC(=O)N[C@H]2C)cc1. The summed E-state index contributed by atoms with van der Waals surface area (Å²) in [6, 6.07) is 8.11. The number of alkyl carbamates (subject to hydrolysis) is 1. The number of hydrogen-bond acceptors (Lipinski definition) is 3. The molecule has 0 aliphatic carbocycles. The van der Waals surface area contributed by atoms with Crippen molar-refractivity contribution in [3.8, 4) is 0 Å². The number of carbonyl (C=O) groups is 1. The third kappa shape index (κ3) is 1.78. The fourth-order valence-electron chi connectivity index (χ4n) is 1.86. The van der Waals surface area contributed by atoms with Crippen LogP contribution in [0.3, 0.4) is 0 Å².